The van der Waals surface area contributed by atoms with Crippen molar-refractivity contribution in [2.75, 3.05) is 39.5 Å². The van der Waals surface area contributed by atoms with Gasteiger partial charge in [0.05, 0.1) is 24.4 Å². The SMILES string of the molecule is C=CC(=C)Nc1ccc(F)c(N=C(N/C(C=NCCN(C)C)=C/N)/C(=C\N=C)c2ccc(SF)cc2)c1.CC.CCC(F)(F)F.CN. The van der Waals surface area contributed by atoms with Gasteiger partial charge in [-0.3, -0.25) is 9.98 Å². The minimum Gasteiger partial charge on any atom is -0.403 e. The smallest absolute Gasteiger partial charge is 0.388 e. The van der Waals surface area contributed by atoms with Gasteiger partial charge in [0, 0.05) is 53.4 Å². The number of nitrogens with one attached hydrogen (secondary N) is 2. The Balaban J connectivity index is 0. The molecule has 0 spiro atoms. The molecule has 0 heterocycles. The van der Waals surface area contributed by atoms with Crippen LogP contribution in [0, 0.1) is 5.82 Å². The summed E-state index contributed by atoms with van der Waals surface area (Å²) in [7, 11) is 5.40. The Hall–Kier alpha value is -4.27. The van der Waals surface area contributed by atoms with Gasteiger partial charge in [0.15, 0.2) is 0 Å². The summed E-state index contributed by atoms with van der Waals surface area (Å²) in [5.41, 5.74) is 13.0. The molecule has 260 valence electrons. The van der Waals surface area contributed by atoms with Gasteiger partial charge in [0.1, 0.15) is 17.3 Å². The molecule has 0 aliphatic heterocycles. The first kappa shape index (κ1) is 44.9. The van der Waals surface area contributed by atoms with Crippen molar-refractivity contribution in [3.8, 4) is 0 Å². The van der Waals surface area contributed by atoms with E-state index < -0.39 is 18.4 Å². The highest BCUT2D eigenvalue weighted by Crippen LogP contribution is 2.27. The zero-order valence-corrected chi connectivity index (χ0v) is 28.7. The number of alkyl halides is 3. The maximum absolute atomic E-state index is 14.9. The number of allylic oxidation sites excluding steroid dienone is 2. The predicted molar refractivity (Wildman–Crippen MR) is 193 cm³/mol. The van der Waals surface area contributed by atoms with Crippen molar-refractivity contribution >= 4 is 47.9 Å². The molecule has 0 aliphatic carbocycles. The van der Waals surface area contributed by atoms with E-state index in [9.17, 15) is 21.4 Å². The van der Waals surface area contributed by atoms with Crippen molar-refractivity contribution in [2.24, 2.45) is 26.4 Å². The van der Waals surface area contributed by atoms with Crippen molar-refractivity contribution in [3.05, 3.63) is 96.9 Å². The fourth-order valence-electron chi connectivity index (χ4n) is 2.91. The first-order chi connectivity index (χ1) is 22.4. The highest BCUT2D eigenvalue weighted by molar-refractivity contribution is 7.94. The Morgan fingerprint density at radius 3 is 2.15 bits per heavy atom. The molecule has 0 fully saturated rings. The van der Waals surface area contributed by atoms with Gasteiger partial charge in [-0.1, -0.05) is 46.1 Å². The molecule has 0 aromatic heterocycles. The van der Waals surface area contributed by atoms with Crippen LogP contribution in [0.5, 0.6) is 0 Å². The van der Waals surface area contributed by atoms with Crippen LogP contribution in [-0.2, 0) is 0 Å². The molecule has 0 aliphatic rings. The van der Waals surface area contributed by atoms with Crippen LogP contribution in [-0.4, -0.2) is 64.1 Å². The summed E-state index contributed by atoms with van der Waals surface area (Å²) < 4.78 is 60.2. The molecule has 0 bridgehead atoms. The second kappa shape index (κ2) is 25.9. The number of likely N-dealkylation sites (N-methyl/N-ethyl adjacent to an activating group) is 1. The van der Waals surface area contributed by atoms with Crippen molar-refractivity contribution in [1.82, 2.24) is 10.2 Å². The predicted octanol–water partition coefficient (Wildman–Crippen LogP) is 8.27. The van der Waals surface area contributed by atoms with Crippen LogP contribution in [0.4, 0.5) is 32.8 Å². The summed E-state index contributed by atoms with van der Waals surface area (Å²) in [6, 6.07) is 11.0. The summed E-state index contributed by atoms with van der Waals surface area (Å²) in [6.07, 6.45) is 1.23. The first-order valence-corrected chi connectivity index (χ1v) is 15.1. The summed E-state index contributed by atoms with van der Waals surface area (Å²) in [4.78, 5) is 15.3. The van der Waals surface area contributed by atoms with Crippen LogP contribution < -0.4 is 22.1 Å². The Kier molecular flexibility index (Phi) is 24.7. The number of rotatable bonds is 13. The largest absolute Gasteiger partial charge is 0.403 e. The molecule has 8 nitrogen and oxygen atoms in total. The van der Waals surface area contributed by atoms with E-state index in [1.165, 1.54) is 31.6 Å². The molecule has 14 heteroatoms. The number of anilines is 1. The lowest BCUT2D eigenvalue weighted by Gasteiger charge is -2.15. The minimum atomic E-state index is -3.96. The van der Waals surface area contributed by atoms with Crippen LogP contribution >= 0.6 is 12.1 Å². The number of hydrogen-bond donors (Lipinski definition) is 4. The normalized spacial score (nSPS) is 11.7. The maximum Gasteiger partial charge on any atom is 0.388 e. The van der Waals surface area contributed by atoms with E-state index in [0.717, 1.165) is 13.5 Å². The molecule has 2 rings (SSSR count). The molecule has 0 atom stereocenters. The van der Waals surface area contributed by atoms with Gasteiger partial charge in [-0.15, -0.1) is 0 Å². The van der Waals surface area contributed by atoms with Gasteiger partial charge in [-0.05, 0) is 69.8 Å². The summed E-state index contributed by atoms with van der Waals surface area (Å²) >= 11 is 0.133. The van der Waals surface area contributed by atoms with Crippen LogP contribution in [0.1, 0.15) is 32.8 Å². The average Bonchev–Trinajstić information content (AvgIpc) is 3.07. The lowest BCUT2D eigenvalue weighted by atomic mass is 10.1. The fourth-order valence-corrected chi connectivity index (χ4v) is 3.15. The van der Waals surface area contributed by atoms with Gasteiger partial charge in [-0.2, -0.15) is 17.1 Å². The van der Waals surface area contributed by atoms with Crippen molar-refractivity contribution in [3.63, 3.8) is 0 Å². The molecule has 0 radical (unpaired) electrons. The lowest BCUT2D eigenvalue weighted by Crippen LogP contribution is -2.26. The molecule has 6 N–H and O–H groups in total. The van der Waals surface area contributed by atoms with Gasteiger partial charge in [-0.25, -0.2) is 9.38 Å². The van der Waals surface area contributed by atoms with Gasteiger partial charge in [0.25, 0.3) is 0 Å². The molecule has 47 heavy (non-hydrogen) atoms. The third-order valence-electron chi connectivity index (χ3n) is 5.21. The Morgan fingerprint density at radius 1 is 1.09 bits per heavy atom. The Labute approximate surface area is 280 Å². The zero-order chi connectivity index (χ0) is 36.4. The number of nitrogens with zero attached hydrogens (tertiary/aromatic N) is 4. The molecule has 0 saturated carbocycles. The number of hydrogen-bond acceptors (Lipinski definition) is 8. The van der Waals surface area contributed by atoms with Gasteiger partial charge >= 0.3 is 6.18 Å². The molecule has 0 amide bonds. The molecular weight excluding hydrogens is 635 g/mol. The van der Waals surface area contributed by atoms with E-state index in [4.69, 9.17) is 5.73 Å². The maximum atomic E-state index is 14.9. The third-order valence-corrected chi connectivity index (χ3v) is 5.66. The van der Waals surface area contributed by atoms with Crippen LogP contribution in [0.2, 0.25) is 0 Å². The lowest BCUT2D eigenvalue weighted by molar-refractivity contribution is -0.130. The summed E-state index contributed by atoms with van der Waals surface area (Å²) in [5.74, 6) is -0.329. The summed E-state index contributed by atoms with van der Waals surface area (Å²) in [5, 5.41) is 6.14. The van der Waals surface area contributed by atoms with E-state index in [1.54, 1.807) is 42.6 Å². The molecular formula is C33H47F5N8S. The number of nitrogens with two attached hydrogens (primary N) is 2. The van der Waals surface area contributed by atoms with Crippen molar-refractivity contribution in [2.45, 2.75) is 38.3 Å². The fraction of sp³-hybridized carbons (Fsp3) is 0.303. The van der Waals surface area contributed by atoms with E-state index in [0.29, 0.717) is 39.7 Å². The molecule has 2 aromatic rings. The quantitative estimate of drug-likeness (QED) is 0.0732. The van der Waals surface area contributed by atoms with E-state index in [1.807, 2.05) is 32.8 Å². The minimum absolute atomic E-state index is 0.0381. The zero-order valence-electron chi connectivity index (χ0n) is 27.8. The van der Waals surface area contributed by atoms with Gasteiger partial charge < -0.3 is 27.0 Å². The van der Waals surface area contributed by atoms with Crippen LogP contribution in [0.15, 0.2) is 105 Å². The molecule has 0 saturated heterocycles. The molecule has 2 aromatic carbocycles. The standard InChI is InChI=1S/C27H31F2N7S.C3H5F3.C2H6.CH5N/c1-6-19(2)33-21-9-12-25(28)26(15-21)35-27(34-22(16-30)17-32-13-14-36(4)5)24(18-31-3)20-7-10-23(37-29)11-8-20;1-2-3(4,5)6;2*1-2/h6-12,15-18,33H,1-3,13-14,30H2,4-5H3,(H,34,35);2H2,1H3;1-2H3;2H2,1H3/b22-16+,24-18-,32-17?;;;. The van der Waals surface area contributed by atoms with Crippen molar-refractivity contribution in [1.29, 1.82) is 0 Å². The second-order valence-corrected chi connectivity index (χ2v) is 9.49. The van der Waals surface area contributed by atoms with E-state index in [2.05, 4.69) is 51.2 Å². The summed E-state index contributed by atoms with van der Waals surface area (Å²) in [6.45, 7) is 17.4. The monoisotopic (exact) mass is 682 g/mol. The molecule has 0 unspecified atom stereocenters. The number of aliphatic imine (C=N–C) groups is 3. The van der Waals surface area contributed by atoms with Crippen LogP contribution in [0.25, 0.3) is 5.57 Å². The third kappa shape index (κ3) is 19.8. The van der Waals surface area contributed by atoms with E-state index in [-0.39, 0.29) is 23.7 Å². The highest BCUT2D eigenvalue weighted by atomic mass is 32.2. The number of halogens is 5. The Bertz CT molecular complexity index is 1340. The first-order valence-electron chi connectivity index (χ1n) is 14.4. The Morgan fingerprint density at radius 2 is 1.68 bits per heavy atom. The number of amidine groups is 1. The van der Waals surface area contributed by atoms with Crippen LogP contribution in [0.3, 0.4) is 0 Å². The topological polar surface area (TPSA) is 116 Å². The van der Waals surface area contributed by atoms with E-state index >= 15 is 0 Å². The highest BCUT2D eigenvalue weighted by Gasteiger charge is 2.22. The number of benzene rings is 2. The van der Waals surface area contributed by atoms with Gasteiger partial charge in [0.2, 0.25) is 0 Å². The second-order valence-electron chi connectivity index (χ2n) is 8.86. The van der Waals surface area contributed by atoms with Crippen molar-refractivity contribution < 1.29 is 21.4 Å². The average molecular weight is 683 g/mol.